The van der Waals surface area contributed by atoms with Crippen molar-refractivity contribution in [2.24, 2.45) is 0 Å². The molecule has 9 nitrogen and oxygen atoms in total. The number of amides is 1. The van der Waals surface area contributed by atoms with Gasteiger partial charge >= 0.3 is 5.97 Å². The predicted molar refractivity (Wildman–Crippen MR) is 112 cm³/mol. The molecule has 3 rings (SSSR count). The third kappa shape index (κ3) is 5.89. The van der Waals surface area contributed by atoms with Crippen molar-refractivity contribution in [3.63, 3.8) is 0 Å². The Hall–Kier alpha value is -2.73. The summed E-state index contributed by atoms with van der Waals surface area (Å²) < 4.78 is 32.5. The van der Waals surface area contributed by atoms with E-state index in [1.54, 1.807) is 23.6 Å². The largest absolute Gasteiger partial charge is 0.455 e. The van der Waals surface area contributed by atoms with Crippen molar-refractivity contribution in [1.82, 2.24) is 14.5 Å². The maximum atomic E-state index is 12.1. The zero-order valence-electron chi connectivity index (χ0n) is 15.4. The first-order chi connectivity index (χ1) is 14.3. The molecule has 3 aromatic rings. The van der Waals surface area contributed by atoms with E-state index in [-0.39, 0.29) is 4.21 Å². The molecule has 0 unspecified atom stereocenters. The highest BCUT2D eigenvalue weighted by atomic mass is 35.5. The number of benzene rings is 1. The minimum atomic E-state index is -3.79. The summed E-state index contributed by atoms with van der Waals surface area (Å²) in [6.45, 7) is -0.818. The number of rotatable bonds is 9. The van der Waals surface area contributed by atoms with Crippen molar-refractivity contribution in [3.8, 4) is 0 Å². The number of aromatic nitrogens is 2. The predicted octanol–water partition coefficient (Wildman–Crippen LogP) is 2.11. The Morgan fingerprint density at radius 2 is 1.97 bits per heavy atom. The van der Waals surface area contributed by atoms with Gasteiger partial charge in [-0.3, -0.25) is 9.59 Å². The zero-order valence-corrected chi connectivity index (χ0v) is 17.8. The molecular weight excluding hydrogens is 452 g/mol. The molecular formula is C18H17ClN4O5S2. The molecule has 0 fully saturated rings. The summed E-state index contributed by atoms with van der Waals surface area (Å²) in [7, 11) is -3.79. The molecule has 0 spiro atoms. The fourth-order valence-electron chi connectivity index (χ4n) is 2.37. The Balaban J connectivity index is 1.48. The van der Waals surface area contributed by atoms with Crippen molar-refractivity contribution >= 4 is 50.7 Å². The van der Waals surface area contributed by atoms with E-state index in [9.17, 15) is 18.0 Å². The molecule has 0 atom stereocenters. The highest BCUT2D eigenvalue weighted by molar-refractivity contribution is 7.91. The van der Waals surface area contributed by atoms with E-state index in [0.717, 1.165) is 16.9 Å². The third-order valence-electron chi connectivity index (χ3n) is 3.79. The first-order valence-electron chi connectivity index (χ1n) is 8.59. The van der Waals surface area contributed by atoms with E-state index in [4.69, 9.17) is 16.3 Å². The number of sulfonamides is 1. The Bertz CT molecular complexity index is 1130. The summed E-state index contributed by atoms with van der Waals surface area (Å²) in [6.07, 6.45) is 1.51. The number of hydrogen-bond donors (Lipinski definition) is 2. The summed E-state index contributed by atoms with van der Waals surface area (Å²) in [5, 5.41) is 8.90. The molecule has 12 heteroatoms. The second-order valence-corrected chi connectivity index (χ2v) is 9.28. The van der Waals surface area contributed by atoms with E-state index >= 15 is 0 Å². The van der Waals surface area contributed by atoms with Gasteiger partial charge in [0.15, 0.2) is 6.61 Å². The van der Waals surface area contributed by atoms with Crippen LogP contribution < -0.4 is 10.0 Å². The topological polar surface area (TPSA) is 119 Å². The minimum Gasteiger partial charge on any atom is -0.455 e. The SMILES string of the molecule is O=C(COC(=O)CNS(=O)(=O)c1cccs1)Nc1ccnn1Cc1ccccc1Cl. The quantitative estimate of drug-likeness (QED) is 0.464. The lowest BCUT2D eigenvalue weighted by Gasteiger charge is -2.10. The molecule has 0 radical (unpaired) electrons. The molecule has 0 aliphatic rings. The van der Waals surface area contributed by atoms with Gasteiger partial charge in [0.2, 0.25) is 0 Å². The summed E-state index contributed by atoms with van der Waals surface area (Å²) in [5.74, 6) is -1.07. The van der Waals surface area contributed by atoms with Crippen LogP contribution in [-0.4, -0.2) is 43.2 Å². The molecule has 1 aromatic carbocycles. The van der Waals surface area contributed by atoms with Crippen LogP contribution in [0.15, 0.2) is 58.3 Å². The van der Waals surface area contributed by atoms with Crippen molar-refractivity contribution in [1.29, 1.82) is 0 Å². The Morgan fingerprint density at radius 1 is 1.17 bits per heavy atom. The van der Waals surface area contributed by atoms with Crippen molar-refractivity contribution in [3.05, 3.63) is 64.6 Å². The van der Waals surface area contributed by atoms with Gasteiger partial charge in [0, 0.05) is 11.1 Å². The van der Waals surface area contributed by atoms with Gasteiger partial charge in [-0.2, -0.15) is 9.82 Å². The number of halogens is 1. The minimum absolute atomic E-state index is 0.0832. The van der Waals surface area contributed by atoms with Crippen molar-refractivity contribution in [2.45, 2.75) is 10.8 Å². The fraction of sp³-hybridized carbons (Fsp3) is 0.167. The van der Waals surface area contributed by atoms with Crippen LogP contribution in [0.2, 0.25) is 5.02 Å². The van der Waals surface area contributed by atoms with Crippen molar-refractivity contribution in [2.75, 3.05) is 18.5 Å². The van der Waals surface area contributed by atoms with E-state index in [2.05, 4.69) is 15.1 Å². The maximum Gasteiger partial charge on any atom is 0.321 e. The number of ether oxygens (including phenoxy) is 1. The number of carbonyl (C=O) groups is 2. The average Bonchev–Trinajstić information content (AvgIpc) is 3.40. The van der Waals surface area contributed by atoms with E-state index in [1.807, 2.05) is 18.2 Å². The van der Waals surface area contributed by atoms with Gasteiger partial charge in [0.05, 0.1) is 12.7 Å². The van der Waals surface area contributed by atoms with Gasteiger partial charge in [-0.15, -0.1) is 11.3 Å². The second-order valence-electron chi connectivity index (χ2n) is 5.93. The van der Waals surface area contributed by atoms with E-state index in [1.165, 1.54) is 16.9 Å². The van der Waals surface area contributed by atoms with Crippen LogP contribution in [-0.2, 0) is 30.9 Å². The van der Waals surface area contributed by atoms with E-state index in [0.29, 0.717) is 17.4 Å². The lowest BCUT2D eigenvalue weighted by atomic mass is 10.2. The van der Waals surface area contributed by atoms with Crippen LogP contribution in [0.1, 0.15) is 5.56 Å². The van der Waals surface area contributed by atoms with Crippen LogP contribution in [0, 0.1) is 0 Å². The maximum absolute atomic E-state index is 12.1. The standard InChI is InChI=1S/C18H17ClN4O5S2/c19-14-5-2-1-4-13(14)11-23-15(7-8-20-23)22-16(24)12-28-17(25)10-21-30(26,27)18-6-3-9-29-18/h1-9,21H,10-12H2,(H,22,24). The number of esters is 1. The number of hydrogen-bond acceptors (Lipinski definition) is 7. The smallest absolute Gasteiger partial charge is 0.321 e. The Kier molecular flexibility index (Phi) is 7.21. The molecule has 2 N–H and O–H groups in total. The average molecular weight is 469 g/mol. The van der Waals surface area contributed by atoms with Crippen molar-refractivity contribution < 1.29 is 22.7 Å². The van der Waals surface area contributed by atoms with Gasteiger partial charge in [0.1, 0.15) is 16.6 Å². The highest BCUT2D eigenvalue weighted by Crippen LogP contribution is 2.18. The van der Waals surface area contributed by atoms with Gasteiger partial charge in [-0.25, -0.2) is 13.1 Å². The number of anilines is 1. The summed E-state index contributed by atoms with van der Waals surface area (Å²) >= 11 is 7.17. The van der Waals surface area contributed by atoms with Crippen LogP contribution in [0.5, 0.6) is 0 Å². The number of thiophene rings is 1. The molecule has 1 amide bonds. The summed E-state index contributed by atoms with van der Waals surface area (Å²) in [4.78, 5) is 23.8. The monoisotopic (exact) mass is 468 g/mol. The van der Waals surface area contributed by atoms with Gasteiger partial charge in [-0.1, -0.05) is 35.9 Å². The van der Waals surface area contributed by atoms with Gasteiger partial charge < -0.3 is 10.1 Å². The number of nitrogens with one attached hydrogen (secondary N) is 2. The van der Waals surface area contributed by atoms with Crippen LogP contribution >= 0.6 is 22.9 Å². The molecule has 158 valence electrons. The van der Waals surface area contributed by atoms with E-state index < -0.39 is 35.1 Å². The fourth-order valence-corrected chi connectivity index (χ4v) is 4.57. The number of nitrogens with zero attached hydrogens (tertiary/aromatic N) is 2. The first kappa shape index (κ1) is 22.0. The lowest BCUT2D eigenvalue weighted by Crippen LogP contribution is -2.32. The molecule has 0 aliphatic carbocycles. The second kappa shape index (κ2) is 9.85. The summed E-state index contributed by atoms with van der Waals surface area (Å²) in [6, 6.07) is 11.8. The van der Waals surface area contributed by atoms with Crippen LogP contribution in [0.25, 0.3) is 0 Å². The van der Waals surface area contributed by atoms with Crippen LogP contribution in [0.4, 0.5) is 5.82 Å². The number of carbonyl (C=O) groups excluding carboxylic acids is 2. The molecule has 0 bridgehead atoms. The molecule has 2 heterocycles. The molecule has 0 aliphatic heterocycles. The molecule has 30 heavy (non-hydrogen) atoms. The molecule has 0 saturated carbocycles. The third-order valence-corrected chi connectivity index (χ3v) is 6.96. The van der Waals surface area contributed by atoms with Gasteiger partial charge in [-0.05, 0) is 23.1 Å². The normalized spacial score (nSPS) is 11.2. The molecule has 2 aromatic heterocycles. The van der Waals surface area contributed by atoms with Gasteiger partial charge in [0.25, 0.3) is 15.9 Å². The molecule has 0 saturated heterocycles. The first-order valence-corrected chi connectivity index (χ1v) is 11.3. The van der Waals surface area contributed by atoms with Crippen LogP contribution in [0.3, 0.4) is 0 Å². The zero-order chi connectivity index (χ0) is 21.6. The Morgan fingerprint density at radius 3 is 2.70 bits per heavy atom. The lowest BCUT2D eigenvalue weighted by molar-refractivity contribution is -0.146. The highest BCUT2D eigenvalue weighted by Gasteiger charge is 2.18. The summed E-state index contributed by atoms with van der Waals surface area (Å²) in [5.41, 5.74) is 0.822. The Labute approximate surface area is 181 Å².